The van der Waals surface area contributed by atoms with Gasteiger partial charge in [-0.15, -0.1) is 11.3 Å². The van der Waals surface area contributed by atoms with Crippen molar-refractivity contribution in [1.29, 1.82) is 0 Å². The van der Waals surface area contributed by atoms with Crippen LogP contribution in [0.25, 0.3) is 0 Å². The van der Waals surface area contributed by atoms with Gasteiger partial charge in [0.05, 0.1) is 26.1 Å². The normalized spacial score (nSPS) is 18.9. The lowest BCUT2D eigenvalue weighted by Crippen LogP contribution is -2.48. The van der Waals surface area contributed by atoms with E-state index in [9.17, 15) is 4.79 Å². The van der Waals surface area contributed by atoms with E-state index in [1.54, 1.807) is 29.7 Å². The van der Waals surface area contributed by atoms with Crippen LogP contribution in [0.4, 0.5) is 5.00 Å². The molecule has 0 saturated carbocycles. The number of nitrogens with zero attached hydrogens (tertiary/aromatic N) is 3. The van der Waals surface area contributed by atoms with Gasteiger partial charge < -0.3 is 9.15 Å². The molecule has 140 valence electrons. The molecule has 0 radical (unpaired) electrons. The van der Waals surface area contributed by atoms with Gasteiger partial charge in [-0.1, -0.05) is 0 Å². The second-order valence-electron chi connectivity index (χ2n) is 6.93. The molecule has 1 saturated heterocycles. The maximum absolute atomic E-state index is 13.0. The van der Waals surface area contributed by atoms with E-state index in [0.29, 0.717) is 12.4 Å². The van der Waals surface area contributed by atoms with Gasteiger partial charge in [-0.25, -0.2) is 0 Å². The number of amides is 1. The van der Waals surface area contributed by atoms with Crippen LogP contribution in [0.1, 0.15) is 26.6 Å². The highest BCUT2D eigenvalue weighted by atomic mass is 32.1. The zero-order valence-electron chi connectivity index (χ0n) is 15.4. The molecular formula is C19H25N3O3S. The van der Waals surface area contributed by atoms with Crippen molar-refractivity contribution < 1.29 is 13.9 Å². The summed E-state index contributed by atoms with van der Waals surface area (Å²) in [6.07, 6.45) is 1.55. The first-order valence-corrected chi connectivity index (χ1v) is 9.92. The van der Waals surface area contributed by atoms with Crippen molar-refractivity contribution in [1.82, 2.24) is 9.80 Å². The van der Waals surface area contributed by atoms with E-state index in [1.807, 2.05) is 4.90 Å². The lowest BCUT2D eigenvalue weighted by atomic mass is 10.1. The first-order chi connectivity index (χ1) is 12.6. The number of rotatable bonds is 4. The third kappa shape index (κ3) is 3.44. The highest BCUT2D eigenvalue weighted by molar-refractivity contribution is 7.16. The number of carbonyl (C=O) groups is 1. The van der Waals surface area contributed by atoms with Crippen LogP contribution in [0.3, 0.4) is 0 Å². The van der Waals surface area contributed by atoms with Gasteiger partial charge in [0.15, 0.2) is 5.76 Å². The molecule has 6 nitrogen and oxygen atoms in total. The Bertz CT molecular complexity index is 765. The molecule has 4 heterocycles. The third-order valence-electron chi connectivity index (χ3n) is 5.27. The predicted molar refractivity (Wildman–Crippen MR) is 102 cm³/mol. The molecule has 0 bridgehead atoms. The second-order valence-corrected chi connectivity index (χ2v) is 8.13. The van der Waals surface area contributed by atoms with Crippen molar-refractivity contribution in [2.75, 3.05) is 51.0 Å². The highest BCUT2D eigenvalue weighted by Crippen LogP contribution is 2.39. The topological polar surface area (TPSA) is 49.2 Å². The molecule has 0 unspecified atom stereocenters. The molecule has 2 aromatic rings. The Morgan fingerprint density at radius 3 is 2.69 bits per heavy atom. The van der Waals surface area contributed by atoms with E-state index in [2.05, 4.69) is 23.6 Å². The molecule has 0 aromatic carbocycles. The molecule has 2 aromatic heterocycles. The zero-order valence-corrected chi connectivity index (χ0v) is 16.2. The van der Waals surface area contributed by atoms with Gasteiger partial charge >= 0.3 is 0 Å². The van der Waals surface area contributed by atoms with Gasteiger partial charge in [-0.05, 0) is 31.5 Å². The summed E-state index contributed by atoms with van der Waals surface area (Å²) in [7, 11) is 0. The van der Waals surface area contributed by atoms with E-state index >= 15 is 0 Å². The molecule has 2 aliphatic rings. The summed E-state index contributed by atoms with van der Waals surface area (Å²) in [4.78, 5) is 20.9. The van der Waals surface area contributed by atoms with Gasteiger partial charge in [0.25, 0.3) is 5.91 Å². The van der Waals surface area contributed by atoms with Crippen molar-refractivity contribution in [3.63, 3.8) is 0 Å². The summed E-state index contributed by atoms with van der Waals surface area (Å²) in [6, 6.07) is 3.50. The number of furan rings is 1. The molecule has 2 aliphatic heterocycles. The fraction of sp³-hybridized carbons (Fsp3) is 0.526. The van der Waals surface area contributed by atoms with Crippen LogP contribution in [0.15, 0.2) is 22.8 Å². The second kappa shape index (κ2) is 7.52. The van der Waals surface area contributed by atoms with E-state index in [-0.39, 0.29) is 5.91 Å². The van der Waals surface area contributed by atoms with Gasteiger partial charge in [-0.2, -0.15) is 0 Å². The number of hydrogen-bond acceptors (Lipinski definition) is 6. The van der Waals surface area contributed by atoms with Crippen molar-refractivity contribution in [3.05, 3.63) is 40.2 Å². The fourth-order valence-corrected chi connectivity index (χ4v) is 4.70. The highest BCUT2D eigenvalue weighted by Gasteiger charge is 2.32. The Hall–Kier alpha value is -1.67. The zero-order chi connectivity index (χ0) is 18.1. The van der Waals surface area contributed by atoms with E-state index < -0.39 is 0 Å². The van der Waals surface area contributed by atoms with E-state index in [4.69, 9.17) is 9.15 Å². The number of carbonyl (C=O) groups excluding carboxylic acids is 1. The summed E-state index contributed by atoms with van der Waals surface area (Å²) in [6.45, 7) is 11.4. The SMILES string of the molecule is Cc1sc2c(c1C)CN(CCN1CCOCC1)CN2C(=O)c1ccco1. The van der Waals surface area contributed by atoms with Crippen LogP contribution in [0, 0.1) is 13.8 Å². The first kappa shape index (κ1) is 17.7. The third-order valence-corrected chi connectivity index (χ3v) is 6.54. The van der Waals surface area contributed by atoms with Gasteiger partial charge in [-0.3, -0.25) is 19.5 Å². The number of ether oxygens (including phenoxy) is 1. The first-order valence-electron chi connectivity index (χ1n) is 9.10. The smallest absolute Gasteiger partial charge is 0.295 e. The van der Waals surface area contributed by atoms with Crippen molar-refractivity contribution in [2.45, 2.75) is 20.4 Å². The van der Waals surface area contributed by atoms with E-state index in [1.165, 1.54) is 16.0 Å². The summed E-state index contributed by atoms with van der Waals surface area (Å²) in [5.41, 5.74) is 2.58. The van der Waals surface area contributed by atoms with Crippen molar-refractivity contribution in [3.8, 4) is 0 Å². The minimum atomic E-state index is -0.0615. The summed E-state index contributed by atoms with van der Waals surface area (Å²) in [5.74, 6) is 0.336. The molecule has 26 heavy (non-hydrogen) atoms. The number of anilines is 1. The number of aryl methyl sites for hydroxylation is 1. The van der Waals surface area contributed by atoms with Crippen molar-refractivity contribution in [2.24, 2.45) is 0 Å². The molecule has 0 atom stereocenters. The molecule has 0 aliphatic carbocycles. The molecular weight excluding hydrogens is 350 g/mol. The average molecular weight is 375 g/mol. The number of morpholine rings is 1. The Morgan fingerprint density at radius 2 is 1.96 bits per heavy atom. The standard InChI is InChI=1S/C19H25N3O3S/c1-14-15(2)26-19-16(14)12-21(6-5-20-7-10-24-11-8-20)13-22(19)18(23)17-4-3-9-25-17/h3-4,9H,5-8,10-13H2,1-2H3. The van der Waals surface area contributed by atoms with Gasteiger partial charge in [0, 0.05) is 43.2 Å². The van der Waals surface area contributed by atoms with Crippen LogP contribution in [0.5, 0.6) is 0 Å². The lowest BCUT2D eigenvalue weighted by Gasteiger charge is -2.36. The van der Waals surface area contributed by atoms with Crippen LogP contribution in [0.2, 0.25) is 0 Å². The number of thiophene rings is 1. The molecule has 0 spiro atoms. The summed E-state index contributed by atoms with van der Waals surface area (Å²) >= 11 is 1.71. The lowest BCUT2D eigenvalue weighted by molar-refractivity contribution is 0.0326. The summed E-state index contributed by atoms with van der Waals surface area (Å²) < 4.78 is 10.8. The van der Waals surface area contributed by atoms with Crippen LogP contribution >= 0.6 is 11.3 Å². The minimum absolute atomic E-state index is 0.0615. The van der Waals surface area contributed by atoms with Crippen LogP contribution in [-0.2, 0) is 11.3 Å². The van der Waals surface area contributed by atoms with Gasteiger partial charge in [0.1, 0.15) is 5.00 Å². The Labute approximate surface area is 157 Å². The molecule has 0 N–H and O–H groups in total. The van der Waals surface area contributed by atoms with Crippen LogP contribution < -0.4 is 4.90 Å². The number of hydrogen-bond donors (Lipinski definition) is 0. The molecule has 1 amide bonds. The quantitative estimate of drug-likeness (QED) is 0.822. The summed E-state index contributed by atoms with van der Waals surface area (Å²) in [5, 5.41) is 1.07. The minimum Gasteiger partial charge on any atom is -0.459 e. The predicted octanol–water partition coefficient (Wildman–Crippen LogP) is 2.71. The Morgan fingerprint density at radius 1 is 1.19 bits per heavy atom. The Kier molecular flexibility index (Phi) is 5.13. The molecule has 4 rings (SSSR count). The van der Waals surface area contributed by atoms with Crippen molar-refractivity contribution >= 4 is 22.2 Å². The molecule has 7 heteroatoms. The van der Waals surface area contributed by atoms with Gasteiger partial charge in [0.2, 0.25) is 0 Å². The maximum Gasteiger partial charge on any atom is 0.295 e. The van der Waals surface area contributed by atoms with E-state index in [0.717, 1.165) is 50.9 Å². The Balaban J connectivity index is 1.53. The largest absolute Gasteiger partial charge is 0.459 e. The molecule has 1 fully saturated rings. The average Bonchev–Trinajstić information content (AvgIpc) is 3.29. The fourth-order valence-electron chi connectivity index (χ4n) is 3.55. The van der Waals surface area contributed by atoms with Crippen LogP contribution in [-0.4, -0.2) is 61.8 Å². The number of fused-ring (bicyclic) bond motifs is 1. The monoisotopic (exact) mass is 375 g/mol. The maximum atomic E-state index is 13.0.